The molecule has 1 aromatic rings. The van der Waals surface area contributed by atoms with Crippen LogP contribution in [0.15, 0.2) is 24.3 Å². The van der Waals surface area contributed by atoms with Gasteiger partial charge in [-0.1, -0.05) is 44.5 Å². The van der Waals surface area contributed by atoms with Crippen molar-refractivity contribution in [3.05, 3.63) is 34.9 Å². The average Bonchev–Trinajstić information content (AvgIpc) is 2.75. The maximum atomic E-state index is 12.3. The predicted octanol–water partition coefficient (Wildman–Crippen LogP) is 5.75. The molecule has 0 spiro atoms. The van der Waals surface area contributed by atoms with Crippen LogP contribution in [-0.2, 0) is 20.8 Å². The summed E-state index contributed by atoms with van der Waals surface area (Å²) >= 11 is 5.18. The van der Waals surface area contributed by atoms with Gasteiger partial charge in [0.2, 0.25) is 0 Å². The Hall–Kier alpha value is -1.23. The standard InChI is InChI=1S/C27H43ClIN3O4/c1-26(2,3)35-23(33)15-29-24(32-25(34)36-27(4,5)6)31-18-21-9-7-19(8-10-21)16-30-17-20-11-13-22(28)14-12-20/h11-14,19,21,30-31H,7-10,15-18H2,1-6H3,(H,32,34). The van der Waals surface area contributed by atoms with E-state index in [0.717, 1.165) is 37.5 Å². The quantitative estimate of drug-likeness (QED) is 0.172. The minimum absolute atomic E-state index is 0.243. The summed E-state index contributed by atoms with van der Waals surface area (Å²) < 4.78 is 11.9. The van der Waals surface area contributed by atoms with Gasteiger partial charge in [-0.2, -0.15) is 0 Å². The van der Waals surface area contributed by atoms with Crippen molar-refractivity contribution in [3.63, 3.8) is 0 Å². The summed E-state index contributed by atoms with van der Waals surface area (Å²) in [7, 11) is 0. The van der Waals surface area contributed by atoms with Crippen molar-refractivity contribution in [2.24, 2.45) is 11.8 Å². The molecule has 2 rings (SSSR count). The Morgan fingerprint density at radius 1 is 0.917 bits per heavy atom. The van der Waals surface area contributed by atoms with Crippen molar-refractivity contribution in [2.75, 3.05) is 17.5 Å². The minimum Gasteiger partial charge on any atom is -0.459 e. The third kappa shape index (κ3) is 13.9. The first kappa shape index (κ1) is 31.0. The molecule has 0 radical (unpaired) electrons. The fraction of sp³-hybridized carbons (Fsp3) is 0.667. The number of hydrogen-bond donors (Lipinski definition) is 3. The van der Waals surface area contributed by atoms with Crippen molar-refractivity contribution in [2.45, 2.75) is 85.0 Å². The van der Waals surface area contributed by atoms with Gasteiger partial charge in [-0.25, -0.2) is 4.79 Å². The molecule has 0 saturated heterocycles. The molecule has 0 bridgehead atoms. The van der Waals surface area contributed by atoms with E-state index in [1.165, 1.54) is 18.4 Å². The van der Waals surface area contributed by atoms with Gasteiger partial charge in [0, 0.05) is 18.1 Å². The van der Waals surface area contributed by atoms with Gasteiger partial charge in [-0.05, 0) is 103 Å². The van der Waals surface area contributed by atoms with Crippen LogP contribution in [0.1, 0.15) is 72.8 Å². The van der Waals surface area contributed by atoms with E-state index in [9.17, 15) is 9.59 Å². The molecule has 9 heteroatoms. The molecule has 1 aliphatic carbocycles. The van der Waals surface area contributed by atoms with Crippen LogP contribution in [0.4, 0.5) is 4.79 Å². The van der Waals surface area contributed by atoms with Gasteiger partial charge < -0.3 is 14.8 Å². The smallest absolute Gasteiger partial charge is 0.413 e. The van der Waals surface area contributed by atoms with Gasteiger partial charge in [0.05, 0.1) is 4.43 Å². The number of benzene rings is 1. The Bertz CT molecular complexity index is 870. The Balaban J connectivity index is 1.80. The lowest BCUT2D eigenvalue weighted by Crippen LogP contribution is -2.44. The molecule has 0 atom stereocenters. The molecule has 0 heterocycles. The van der Waals surface area contributed by atoms with Crippen molar-refractivity contribution in [1.82, 2.24) is 16.0 Å². The first-order chi connectivity index (χ1) is 16.8. The number of hydrogen-bond acceptors (Lipinski definition) is 6. The molecule has 1 amide bonds. The Labute approximate surface area is 231 Å². The Kier molecular flexibility index (Phi) is 12.6. The molecule has 0 aliphatic heterocycles. The van der Waals surface area contributed by atoms with Gasteiger partial charge in [0.25, 0.3) is 0 Å². The van der Waals surface area contributed by atoms with E-state index in [1.807, 2.05) is 53.7 Å². The molecule has 1 saturated carbocycles. The Morgan fingerprint density at radius 3 is 2.03 bits per heavy atom. The summed E-state index contributed by atoms with van der Waals surface area (Å²) in [5.41, 5.74) is 0.140. The van der Waals surface area contributed by atoms with Crippen LogP contribution >= 0.6 is 32.3 Å². The summed E-state index contributed by atoms with van der Waals surface area (Å²) in [6, 6.07) is 7.97. The lowest BCUT2D eigenvalue weighted by molar-refractivity contribution is -0.151. The van der Waals surface area contributed by atoms with Crippen LogP contribution in [0.2, 0.25) is 5.02 Å². The largest absolute Gasteiger partial charge is 0.459 e. The minimum atomic E-state index is -0.783. The van der Waals surface area contributed by atoms with Crippen LogP contribution < -0.4 is 16.0 Å². The number of rotatable bonds is 10. The van der Waals surface area contributed by atoms with Gasteiger partial charge in [0.1, 0.15) is 15.0 Å². The molecular formula is C27H43ClIN3O4. The molecule has 1 fully saturated rings. The zero-order chi connectivity index (χ0) is 26.8. The number of amides is 1. The van der Waals surface area contributed by atoms with Gasteiger partial charge in [-0.3, -0.25) is 15.4 Å². The fourth-order valence-corrected chi connectivity index (χ4v) is 5.78. The van der Waals surface area contributed by atoms with Crippen molar-refractivity contribution in [3.8, 4) is 0 Å². The van der Waals surface area contributed by atoms with Crippen molar-refractivity contribution >= 4 is 48.2 Å². The summed E-state index contributed by atoms with van der Waals surface area (Å²) in [4.78, 5) is 24.6. The molecule has 1 aromatic carbocycles. The van der Waals surface area contributed by atoms with E-state index in [0.29, 0.717) is 20.0 Å². The molecule has 0 aromatic heterocycles. The van der Waals surface area contributed by atoms with E-state index < -0.39 is 38.0 Å². The lowest BCUT2D eigenvalue weighted by atomic mass is 9.82. The number of carbonyl (C=O) groups excluding carboxylic acids is 2. The predicted molar refractivity (Wildman–Crippen MR) is 156 cm³/mol. The molecular weight excluding hydrogens is 593 g/mol. The van der Waals surface area contributed by atoms with Crippen LogP contribution in [0.25, 0.3) is 0 Å². The van der Waals surface area contributed by atoms with Gasteiger partial charge >= 0.3 is 12.1 Å². The van der Waals surface area contributed by atoms with Crippen LogP contribution in [-0.4, -0.2) is 44.5 Å². The number of carbonyl (C=O) groups is 2. The van der Waals surface area contributed by atoms with Crippen LogP contribution in [0.5, 0.6) is 0 Å². The number of esters is 1. The van der Waals surface area contributed by atoms with Gasteiger partial charge in [0.15, 0.2) is 0 Å². The zero-order valence-corrected chi connectivity index (χ0v) is 25.4. The molecule has 0 unspecified atom stereocenters. The summed E-state index contributed by atoms with van der Waals surface area (Å²) in [6.45, 7) is 13.7. The molecule has 36 heavy (non-hydrogen) atoms. The highest BCUT2D eigenvalue weighted by atomic mass is 127. The lowest BCUT2D eigenvalue weighted by Gasteiger charge is -2.29. The fourth-order valence-electron chi connectivity index (χ4n) is 3.90. The summed E-state index contributed by atoms with van der Waals surface area (Å²) in [5.74, 6) is 0.974. The molecule has 1 aliphatic rings. The molecule has 7 nitrogen and oxygen atoms in total. The molecule has 204 valence electrons. The van der Waals surface area contributed by atoms with Gasteiger partial charge in [-0.15, -0.1) is 0 Å². The monoisotopic (exact) mass is 635 g/mol. The first-order valence-electron chi connectivity index (χ1n) is 12.7. The summed E-state index contributed by atoms with van der Waals surface area (Å²) in [6.07, 6.45) is 4.16. The third-order valence-electron chi connectivity index (χ3n) is 5.53. The average molecular weight is 636 g/mol. The third-order valence-corrected chi connectivity index (χ3v) is 8.20. The first-order valence-corrected chi connectivity index (χ1v) is 15.6. The zero-order valence-electron chi connectivity index (χ0n) is 22.5. The highest BCUT2D eigenvalue weighted by Gasteiger charge is 2.23. The number of alkyl halides is 1. The number of halogens is 2. The van der Waals surface area contributed by atoms with E-state index >= 15 is 0 Å². The normalized spacial score (nSPS) is 19.2. The second-order valence-electron chi connectivity index (χ2n) is 11.3. The maximum Gasteiger partial charge on any atom is 0.413 e. The topological polar surface area (TPSA) is 88.7 Å². The van der Waals surface area contributed by atoms with E-state index in [4.69, 9.17) is 21.1 Å². The van der Waals surface area contributed by atoms with Crippen molar-refractivity contribution < 1.29 is 19.1 Å². The van der Waals surface area contributed by atoms with Crippen LogP contribution in [0, 0.1) is 11.8 Å². The van der Waals surface area contributed by atoms with E-state index in [2.05, 4.69) is 28.1 Å². The second kappa shape index (κ2) is 14.6. The van der Waals surface area contributed by atoms with Crippen LogP contribution in [0.3, 0.4) is 0 Å². The second-order valence-corrected chi connectivity index (χ2v) is 14.4. The SMILES string of the molecule is CC(C)(C)OC(=O)CI=C(NCC1CCC(CNCc2ccc(Cl)cc2)CC1)NC(=O)OC(C)(C)C. The van der Waals surface area contributed by atoms with E-state index in [1.54, 1.807) is 0 Å². The number of alkyl carbamates (subject to hydrolysis) is 1. The number of nitrogens with one attached hydrogen (secondary N) is 3. The molecule has 3 N–H and O–H groups in total. The van der Waals surface area contributed by atoms with E-state index in [-0.39, 0.29) is 5.97 Å². The number of ether oxygens (including phenoxy) is 2. The highest BCUT2D eigenvalue weighted by Crippen LogP contribution is 2.28. The van der Waals surface area contributed by atoms with Crippen molar-refractivity contribution in [1.29, 1.82) is 0 Å². The maximum absolute atomic E-state index is 12.3. The highest BCUT2D eigenvalue weighted by molar-refractivity contribution is 14.2. The Morgan fingerprint density at radius 2 is 1.47 bits per heavy atom. The summed E-state index contributed by atoms with van der Waals surface area (Å²) in [5, 5.41) is 10.6.